The average molecular weight is 210 g/mol. The van der Waals surface area contributed by atoms with Crippen LogP contribution >= 0.6 is 0 Å². The maximum Gasteiger partial charge on any atom is 0.258 e. The molecule has 1 amide bonds. The maximum atomic E-state index is 11.7. The lowest BCUT2D eigenvalue weighted by Gasteiger charge is -2.19. The van der Waals surface area contributed by atoms with Gasteiger partial charge in [0.2, 0.25) is 5.95 Å². The summed E-state index contributed by atoms with van der Waals surface area (Å²) in [6, 6.07) is 0. The standard InChI is InChI=1S/C9H14N4O2/c1-6-10-8(13-12-6)11-7(14)9(15)4-2-3-5-9/h15H,2-5H2,1H3,(H2,10,11,12,13,14). The Morgan fingerprint density at radius 3 is 2.73 bits per heavy atom. The van der Waals surface area contributed by atoms with Crippen molar-refractivity contribution >= 4 is 11.9 Å². The van der Waals surface area contributed by atoms with E-state index in [4.69, 9.17) is 0 Å². The molecule has 0 bridgehead atoms. The third kappa shape index (κ3) is 1.99. The van der Waals surface area contributed by atoms with Gasteiger partial charge >= 0.3 is 0 Å². The van der Waals surface area contributed by atoms with Crippen LogP contribution in [0.25, 0.3) is 0 Å². The molecule has 0 aliphatic heterocycles. The van der Waals surface area contributed by atoms with E-state index in [0.29, 0.717) is 18.7 Å². The Hall–Kier alpha value is -1.43. The van der Waals surface area contributed by atoms with Crippen LogP contribution in [-0.4, -0.2) is 31.8 Å². The smallest absolute Gasteiger partial charge is 0.258 e. The molecule has 1 saturated carbocycles. The first-order chi connectivity index (χ1) is 7.10. The Balaban J connectivity index is 2.03. The van der Waals surface area contributed by atoms with E-state index in [2.05, 4.69) is 20.5 Å². The summed E-state index contributed by atoms with van der Waals surface area (Å²) >= 11 is 0. The molecule has 6 heteroatoms. The van der Waals surface area contributed by atoms with Crippen LogP contribution in [0.15, 0.2) is 0 Å². The minimum Gasteiger partial charge on any atom is -0.380 e. The Labute approximate surface area is 87.1 Å². The normalized spacial score (nSPS) is 19.1. The second-order valence-corrected chi connectivity index (χ2v) is 3.94. The summed E-state index contributed by atoms with van der Waals surface area (Å²) in [5.41, 5.74) is -1.23. The monoisotopic (exact) mass is 210 g/mol. The minimum absolute atomic E-state index is 0.220. The number of carbonyl (C=O) groups is 1. The molecule has 1 aromatic rings. The summed E-state index contributed by atoms with van der Waals surface area (Å²) in [7, 11) is 0. The van der Waals surface area contributed by atoms with Crippen molar-refractivity contribution in [2.45, 2.75) is 38.2 Å². The highest BCUT2D eigenvalue weighted by atomic mass is 16.3. The van der Waals surface area contributed by atoms with Crippen LogP contribution in [0.5, 0.6) is 0 Å². The minimum atomic E-state index is -1.23. The van der Waals surface area contributed by atoms with Crippen molar-refractivity contribution in [3.05, 3.63) is 5.82 Å². The first-order valence-electron chi connectivity index (χ1n) is 5.03. The molecule has 6 nitrogen and oxygen atoms in total. The number of H-pyrrole nitrogens is 1. The molecule has 2 rings (SSSR count). The Bertz CT molecular complexity index is 368. The van der Waals surface area contributed by atoms with Crippen LogP contribution in [0.1, 0.15) is 31.5 Å². The predicted octanol–water partition coefficient (Wildman–Crippen LogP) is 0.357. The fraction of sp³-hybridized carbons (Fsp3) is 0.667. The number of rotatable bonds is 2. The van der Waals surface area contributed by atoms with Gasteiger partial charge in [-0.3, -0.25) is 15.2 Å². The molecule has 1 aliphatic rings. The molecule has 15 heavy (non-hydrogen) atoms. The zero-order valence-electron chi connectivity index (χ0n) is 8.58. The van der Waals surface area contributed by atoms with Gasteiger partial charge in [-0.1, -0.05) is 0 Å². The summed E-state index contributed by atoms with van der Waals surface area (Å²) in [6.07, 6.45) is 2.80. The largest absolute Gasteiger partial charge is 0.380 e. The number of aromatic nitrogens is 3. The third-order valence-corrected chi connectivity index (χ3v) is 2.68. The zero-order valence-corrected chi connectivity index (χ0v) is 8.58. The van der Waals surface area contributed by atoms with Gasteiger partial charge in [-0.2, -0.15) is 4.98 Å². The quantitative estimate of drug-likeness (QED) is 0.657. The van der Waals surface area contributed by atoms with E-state index in [9.17, 15) is 9.90 Å². The maximum absolute atomic E-state index is 11.7. The van der Waals surface area contributed by atoms with Gasteiger partial charge in [-0.25, -0.2) is 0 Å². The van der Waals surface area contributed by atoms with Crippen molar-refractivity contribution in [3.8, 4) is 0 Å². The molecule has 1 aliphatic carbocycles. The van der Waals surface area contributed by atoms with E-state index in [1.807, 2.05) is 0 Å². The number of nitrogens with one attached hydrogen (secondary N) is 2. The number of amides is 1. The first-order valence-corrected chi connectivity index (χ1v) is 5.03. The van der Waals surface area contributed by atoms with Gasteiger partial charge in [0.1, 0.15) is 11.4 Å². The van der Waals surface area contributed by atoms with Crippen LogP contribution in [0.3, 0.4) is 0 Å². The lowest BCUT2D eigenvalue weighted by molar-refractivity contribution is -0.133. The van der Waals surface area contributed by atoms with E-state index in [1.165, 1.54) is 0 Å². The van der Waals surface area contributed by atoms with Crippen LogP contribution in [0.4, 0.5) is 5.95 Å². The van der Waals surface area contributed by atoms with E-state index in [0.717, 1.165) is 12.8 Å². The Kier molecular flexibility index (Phi) is 2.44. The van der Waals surface area contributed by atoms with E-state index in [-0.39, 0.29) is 5.95 Å². The number of aromatic amines is 1. The Morgan fingerprint density at radius 2 is 2.20 bits per heavy atom. The van der Waals surface area contributed by atoms with E-state index in [1.54, 1.807) is 6.92 Å². The van der Waals surface area contributed by atoms with Gasteiger partial charge in [0.25, 0.3) is 5.91 Å². The number of aryl methyl sites for hydroxylation is 1. The molecule has 3 N–H and O–H groups in total. The molecule has 1 heterocycles. The van der Waals surface area contributed by atoms with Crippen molar-refractivity contribution in [1.82, 2.24) is 15.2 Å². The number of anilines is 1. The van der Waals surface area contributed by atoms with Gasteiger partial charge in [-0.05, 0) is 32.6 Å². The molecule has 0 radical (unpaired) electrons. The summed E-state index contributed by atoms with van der Waals surface area (Å²) in [5.74, 6) is 0.445. The average Bonchev–Trinajstić information content (AvgIpc) is 2.76. The molecule has 0 unspecified atom stereocenters. The molecular formula is C9H14N4O2. The van der Waals surface area contributed by atoms with Crippen LogP contribution in [0.2, 0.25) is 0 Å². The number of hydrogen-bond acceptors (Lipinski definition) is 4. The molecule has 0 aromatic carbocycles. The van der Waals surface area contributed by atoms with Crippen LogP contribution in [-0.2, 0) is 4.79 Å². The van der Waals surface area contributed by atoms with Crippen molar-refractivity contribution < 1.29 is 9.90 Å². The second kappa shape index (κ2) is 3.62. The third-order valence-electron chi connectivity index (χ3n) is 2.68. The number of aliphatic hydroxyl groups is 1. The molecular weight excluding hydrogens is 196 g/mol. The highest BCUT2D eigenvalue weighted by molar-refractivity contribution is 5.95. The fourth-order valence-electron chi connectivity index (χ4n) is 1.80. The number of nitrogens with zero attached hydrogens (tertiary/aromatic N) is 2. The lowest BCUT2D eigenvalue weighted by Crippen LogP contribution is -2.40. The first kappa shape index (κ1) is 10.1. The summed E-state index contributed by atoms with van der Waals surface area (Å²) in [4.78, 5) is 15.6. The van der Waals surface area contributed by atoms with Gasteiger partial charge in [-0.15, -0.1) is 5.10 Å². The summed E-state index contributed by atoms with van der Waals surface area (Å²) < 4.78 is 0. The van der Waals surface area contributed by atoms with Gasteiger partial charge in [0.15, 0.2) is 0 Å². The van der Waals surface area contributed by atoms with Gasteiger partial charge in [0.05, 0.1) is 0 Å². The number of carbonyl (C=O) groups excluding carboxylic acids is 1. The summed E-state index contributed by atoms with van der Waals surface area (Å²) in [6.45, 7) is 1.74. The fourth-order valence-corrected chi connectivity index (χ4v) is 1.80. The van der Waals surface area contributed by atoms with Crippen molar-refractivity contribution in [2.75, 3.05) is 5.32 Å². The van der Waals surface area contributed by atoms with E-state index < -0.39 is 11.5 Å². The molecule has 0 atom stereocenters. The summed E-state index contributed by atoms with van der Waals surface area (Å²) in [5, 5.41) is 18.9. The van der Waals surface area contributed by atoms with Crippen molar-refractivity contribution in [3.63, 3.8) is 0 Å². The molecule has 0 spiro atoms. The molecule has 1 fully saturated rings. The topological polar surface area (TPSA) is 90.9 Å². The van der Waals surface area contributed by atoms with Crippen LogP contribution in [0, 0.1) is 6.92 Å². The molecule has 1 aromatic heterocycles. The van der Waals surface area contributed by atoms with Crippen LogP contribution < -0.4 is 5.32 Å². The van der Waals surface area contributed by atoms with E-state index >= 15 is 0 Å². The van der Waals surface area contributed by atoms with Crippen molar-refractivity contribution in [1.29, 1.82) is 0 Å². The highest BCUT2D eigenvalue weighted by Gasteiger charge is 2.39. The van der Waals surface area contributed by atoms with Crippen molar-refractivity contribution in [2.24, 2.45) is 0 Å². The SMILES string of the molecule is Cc1nc(NC(=O)C2(O)CCCC2)n[nH]1. The molecule has 82 valence electrons. The zero-order chi connectivity index (χ0) is 10.9. The highest BCUT2D eigenvalue weighted by Crippen LogP contribution is 2.30. The van der Waals surface area contributed by atoms with Gasteiger partial charge in [0, 0.05) is 0 Å². The predicted molar refractivity (Wildman–Crippen MR) is 53.2 cm³/mol. The second-order valence-electron chi connectivity index (χ2n) is 3.94. The Morgan fingerprint density at radius 1 is 1.53 bits per heavy atom. The lowest BCUT2D eigenvalue weighted by atomic mass is 10.0. The molecule has 0 saturated heterocycles. The number of hydrogen-bond donors (Lipinski definition) is 3. The van der Waals surface area contributed by atoms with Gasteiger partial charge < -0.3 is 5.11 Å².